The normalized spacial score (nSPS) is 13.2. The summed E-state index contributed by atoms with van der Waals surface area (Å²) in [7, 11) is 0. The van der Waals surface area contributed by atoms with Crippen molar-refractivity contribution >= 4 is 0 Å². The minimum atomic E-state index is -0.223. The van der Waals surface area contributed by atoms with Gasteiger partial charge in [-0.1, -0.05) is 19.8 Å². The summed E-state index contributed by atoms with van der Waals surface area (Å²) in [5, 5.41) is 9.50. The molecule has 1 aromatic heterocycles. The van der Waals surface area contributed by atoms with Gasteiger partial charge in [0.2, 0.25) is 0 Å². The zero-order valence-corrected chi connectivity index (χ0v) is 7.48. The summed E-state index contributed by atoms with van der Waals surface area (Å²) in [6.07, 6.45) is 8.22. The second-order valence-electron chi connectivity index (χ2n) is 3.06. The lowest BCUT2D eigenvalue weighted by Crippen LogP contribution is -2.14. The maximum absolute atomic E-state index is 9.50. The molecule has 1 N–H and O–H groups in total. The summed E-state index contributed by atoms with van der Waals surface area (Å²) in [4.78, 5) is 3.91. The monoisotopic (exact) mass is 168 g/mol. The van der Waals surface area contributed by atoms with Gasteiger partial charge in [-0.3, -0.25) is 0 Å². The summed E-state index contributed by atoms with van der Waals surface area (Å²) in [5.41, 5.74) is 0. The number of unbranched alkanes of at least 4 members (excludes halogenated alkanes) is 1. The Kier molecular flexibility index (Phi) is 3.80. The first-order valence-electron chi connectivity index (χ1n) is 4.46. The molecular weight excluding hydrogens is 152 g/mol. The lowest BCUT2D eigenvalue weighted by atomic mass is 10.1. The molecule has 3 heteroatoms. The quantitative estimate of drug-likeness (QED) is 0.722. The van der Waals surface area contributed by atoms with Crippen LogP contribution in [-0.4, -0.2) is 20.8 Å². The molecule has 3 nitrogen and oxygen atoms in total. The molecule has 12 heavy (non-hydrogen) atoms. The van der Waals surface area contributed by atoms with Gasteiger partial charge in [-0.25, -0.2) is 4.98 Å². The minimum Gasteiger partial charge on any atom is -0.391 e. The van der Waals surface area contributed by atoms with Gasteiger partial charge in [0.15, 0.2) is 0 Å². The van der Waals surface area contributed by atoms with Gasteiger partial charge in [-0.2, -0.15) is 0 Å². The molecule has 1 atom stereocenters. The SMILES string of the molecule is CCCC[C@@H](O)Cn1ccnc1. The van der Waals surface area contributed by atoms with Crippen molar-refractivity contribution in [1.29, 1.82) is 0 Å². The Morgan fingerprint density at radius 3 is 3.00 bits per heavy atom. The van der Waals surface area contributed by atoms with E-state index < -0.39 is 0 Å². The smallest absolute Gasteiger partial charge is 0.0946 e. The van der Waals surface area contributed by atoms with E-state index in [9.17, 15) is 5.11 Å². The fourth-order valence-corrected chi connectivity index (χ4v) is 1.17. The largest absolute Gasteiger partial charge is 0.391 e. The number of imidazole rings is 1. The molecule has 0 radical (unpaired) electrons. The first-order valence-corrected chi connectivity index (χ1v) is 4.46. The highest BCUT2D eigenvalue weighted by molar-refractivity contribution is 4.75. The molecule has 0 bridgehead atoms. The van der Waals surface area contributed by atoms with E-state index in [0.717, 1.165) is 19.3 Å². The molecule has 68 valence electrons. The molecule has 0 aliphatic heterocycles. The second kappa shape index (κ2) is 4.93. The maximum atomic E-state index is 9.50. The van der Waals surface area contributed by atoms with Crippen LogP contribution in [0.25, 0.3) is 0 Å². The number of rotatable bonds is 5. The third kappa shape index (κ3) is 3.05. The van der Waals surface area contributed by atoms with E-state index in [1.807, 2.05) is 10.8 Å². The average molecular weight is 168 g/mol. The lowest BCUT2D eigenvalue weighted by Gasteiger charge is -2.09. The van der Waals surface area contributed by atoms with E-state index in [1.165, 1.54) is 0 Å². The molecule has 0 aromatic carbocycles. The van der Waals surface area contributed by atoms with Gasteiger partial charge in [-0.05, 0) is 6.42 Å². The van der Waals surface area contributed by atoms with Crippen molar-refractivity contribution in [2.75, 3.05) is 0 Å². The van der Waals surface area contributed by atoms with Crippen molar-refractivity contribution in [3.05, 3.63) is 18.7 Å². The Hall–Kier alpha value is -0.830. The van der Waals surface area contributed by atoms with E-state index in [2.05, 4.69) is 11.9 Å². The van der Waals surface area contributed by atoms with Crippen molar-refractivity contribution in [3.8, 4) is 0 Å². The summed E-state index contributed by atoms with van der Waals surface area (Å²) >= 11 is 0. The third-order valence-electron chi connectivity index (χ3n) is 1.87. The number of hydrogen-bond donors (Lipinski definition) is 1. The molecule has 0 fully saturated rings. The number of aromatic nitrogens is 2. The number of nitrogens with zero attached hydrogens (tertiary/aromatic N) is 2. The van der Waals surface area contributed by atoms with Crippen LogP contribution in [0.3, 0.4) is 0 Å². The summed E-state index contributed by atoms with van der Waals surface area (Å²) in [6.45, 7) is 2.80. The molecule has 0 spiro atoms. The van der Waals surface area contributed by atoms with Crippen LogP contribution in [0.2, 0.25) is 0 Å². The van der Waals surface area contributed by atoms with Gasteiger partial charge in [0.05, 0.1) is 12.4 Å². The highest BCUT2D eigenvalue weighted by atomic mass is 16.3. The van der Waals surface area contributed by atoms with Crippen molar-refractivity contribution in [2.24, 2.45) is 0 Å². The molecule has 0 aliphatic carbocycles. The molecule has 0 amide bonds. The van der Waals surface area contributed by atoms with Crippen LogP contribution in [0, 0.1) is 0 Å². The molecular formula is C9H16N2O. The second-order valence-corrected chi connectivity index (χ2v) is 3.06. The van der Waals surface area contributed by atoms with Crippen LogP contribution in [-0.2, 0) is 6.54 Å². The molecule has 1 rings (SSSR count). The fourth-order valence-electron chi connectivity index (χ4n) is 1.17. The standard InChI is InChI=1S/C9H16N2O/c1-2-3-4-9(12)7-11-6-5-10-8-11/h5-6,8-9,12H,2-4,7H2,1H3/t9-/m1/s1. The van der Waals surface area contributed by atoms with Crippen molar-refractivity contribution in [1.82, 2.24) is 9.55 Å². The van der Waals surface area contributed by atoms with Crippen LogP contribution in [0.5, 0.6) is 0 Å². The Balaban J connectivity index is 2.22. The first kappa shape index (κ1) is 9.26. The van der Waals surface area contributed by atoms with E-state index in [-0.39, 0.29) is 6.10 Å². The Morgan fingerprint density at radius 2 is 2.42 bits per heavy atom. The average Bonchev–Trinajstić information content (AvgIpc) is 2.53. The summed E-state index contributed by atoms with van der Waals surface area (Å²) in [5.74, 6) is 0. The predicted molar refractivity (Wildman–Crippen MR) is 47.8 cm³/mol. The highest BCUT2D eigenvalue weighted by Crippen LogP contribution is 2.02. The number of aliphatic hydroxyl groups excluding tert-OH is 1. The van der Waals surface area contributed by atoms with E-state index in [4.69, 9.17) is 0 Å². The number of aliphatic hydroxyl groups is 1. The minimum absolute atomic E-state index is 0.223. The van der Waals surface area contributed by atoms with Crippen LogP contribution in [0.15, 0.2) is 18.7 Å². The molecule has 1 aromatic rings. The Labute approximate surface area is 73.1 Å². The van der Waals surface area contributed by atoms with Crippen LogP contribution in [0.4, 0.5) is 0 Å². The molecule has 0 saturated carbocycles. The van der Waals surface area contributed by atoms with Crippen molar-refractivity contribution < 1.29 is 5.11 Å². The first-order chi connectivity index (χ1) is 5.83. The molecule has 0 saturated heterocycles. The predicted octanol–water partition coefficient (Wildman–Crippen LogP) is 1.43. The van der Waals surface area contributed by atoms with Gasteiger partial charge >= 0.3 is 0 Å². The van der Waals surface area contributed by atoms with Gasteiger partial charge in [0.1, 0.15) is 0 Å². The van der Waals surface area contributed by atoms with Gasteiger partial charge in [0, 0.05) is 18.9 Å². The zero-order valence-electron chi connectivity index (χ0n) is 7.48. The summed E-state index contributed by atoms with van der Waals surface area (Å²) in [6, 6.07) is 0. The maximum Gasteiger partial charge on any atom is 0.0946 e. The van der Waals surface area contributed by atoms with Gasteiger partial charge < -0.3 is 9.67 Å². The van der Waals surface area contributed by atoms with Crippen molar-refractivity contribution in [2.45, 2.75) is 38.8 Å². The Bertz CT molecular complexity index is 196. The van der Waals surface area contributed by atoms with E-state index in [1.54, 1.807) is 12.5 Å². The third-order valence-corrected chi connectivity index (χ3v) is 1.87. The van der Waals surface area contributed by atoms with Gasteiger partial charge in [-0.15, -0.1) is 0 Å². The van der Waals surface area contributed by atoms with E-state index >= 15 is 0 Å². The fraction of sp³-hybridized carbons (Fsp3) is 0.667. The molecule has 1 heterocycles. The van der Waals surface area contributed by atoms with Crippen LogP contribution >= 0.6 is 0 Å². The van der Waals surface area contributed by atoms with Crippen molar-refractivity contribution in [3.63, 3.8) is 0 Å². The zero-order chi connectivity index (χ0) is 8.81. The number of hydrogen-bond acceptors (Lipinski definition) is 2. The highest BCUT2D eigenvalue weighted by Gasteiger charge is 2.02. The van der Waals surface area contributed by atoms with Crippen LogP contribution in [0.1, 0.15) is 26.2 Å². The molecule has 0 unspecified atom stereocenters. The molecule has 0 aliphatic rings. The Morgan fingerprint density at radius 1 is 1.58 bits per heavy atom. The topological polar surface area (TPSA) is 38.0 Å². The van der Waals surface area contributed by atoms with Crippen LogP contribution < -0.4 is 0 Å². The van der Waals surface area contributed by atoms with E-state index in [0.29, 0.717) is 6.54 Å². The van der Waals surface area contributed by atoms with Gasteiger partial charge in [0.25, 0.3) is 0 Å². The summed E-state index contributed by atoms with van der Waals surface area (Å²) < 4.78 is 1.90. The lowest BCUT2D eigenvalue weighted by molar-refractivity contribution is 0.141.